The molecule has 8 heteroatoms. The first-order valence-corrected chi connectivity index (χ1v) is 13.8. The van der Waals surface area contributed by atoms with Crippen molar-refractivity contribution in [1.82, 2.24) is 4.98 Å². The van der Waals surface area contributed by atoms with Gasteiger partial charge >= 0.3 is 0 Å². The van der Waals surface area contributed by atoms with E-state index in [0.717, 1.165) is 53.6 Å². The smallest absolute Gasteiger partial charge is 0.226 e. The number of fused-ring (bicyclic) bond motifs is 5. The van der Waals surface area contributed by atoms with Gasteiger partial charge in [0, 0.05) is 22.9 Å². The fourth-order valence-corrected chi connectivity index (χ4v) is 8.36. The number of halogens is 1. The Morgan fingerprint density at radius 3 is 2.97 bits per heavy atom. The number of nitrogens with zero attached hydrogens (tertiary/aromatic N) is 2. The number of rotatable bonds is 5. The number of carbonyl (C=O) groups is 1. The van der Waals surface area contributed by atoms with Gasteiger partial charge in [-0.3, -0.25) is 4.79 Å². The van der Waals surface area contributed by atoms with Crippen LogP contribution in [0.15, 0.2) is 28.0 Å². The number of oxime groups is 1. The number of anilines is 1. The average Bonchev–Trinajstić information content (AvgIpc) is 3.34. The van der Waals surface area contributed by atoms with Crippen LogP contribution in [-0.2, 0) is 16.1 Å². The molecule has 5 rings (SSSR count). The van der Waals surface area contributed by atoms with Crippen molar-refractivity contribution in [2.45, 2.75) is 64.7 Å². The highest BCUT2D eigenvalue weighted by Crippen LogP contribution is 2.63. The van der Waals surface area contributed by atoms with E-state index in [1.165, 1.54) is 22.5 Å². The molecule has 1 amide bonds. The van der Waals surface area contributed by atoms with E-state index in [2.05, 4.69) is 44.4 Å². The van der Waals surface area contributed by atoms with Crippen LogP contribution in [0.3, 0.4) is 0 Å². The maximum absolute atomic E-state index is 12.7. The van der Waals surface area contributed by atoms with Gasteiger partial charge in [-0.15, -0.1) is 11.3 Å². The summed E-state index contributed by atoms with van der Waals surface area (Å²) in [5, 5.41) is 18.4. The van der Waals surface area contributed by atoms with E-state index < -0.39 is 0 Å². The van der Waals surface area contributed by atoms with Gasteiger partial charge in [-0.1, -0.05) is 18.1 Å². The molecule has 1 aromatic heterocycles. The minimum atomic E-state index is 0.0103. The fraction of sp³-hybridized carbons (Fsp3) is 0.577. The number of carbonyl (C=O) groups excluding carboxylic acids is 1. The van der Waals surface area contributed by atoms with Crippen molar-refractivity contribution in [2.24, 2.45) is 28.3 Å². The van der Waals surface area contributed by atoms with Crippen LogP contribution in [0, 0.1) is 30.1 Å². The second-order valence-electron chi connectivity index (χ2n) is 10.3. The van der Waals surface area contributed by atoms with E-state index in [1.807, 2.05) is 13.0 Å². The molecule has 2 saturated carbocycles. The number of phenolic OH excluding ortho intramolecular Hbond substituents is 1. The van der Waals surface area contributed by atoms with Gasteiger partial charge in [0.05, 0.1) is 10.2 Å². The summed E-state index contributed by atoms with van der Waals surface area (Å²) in [6, 6.07) is 3.96. The molecule has 6 nitrogen and oxygen atoms in total. The Balaban J connectivity index is 1.39. The van der Waals surface area contributed by atoms with Gasteiger partial charge in [0.25, 0.3) is 0 Å². The maximum Gasteiger partial charge on any atom is 0.226 e. The second kappa shape index (κ2) is 9.26. The first kappa shape index (κ1) is 23.8. The van der Waals surface area contributed by atoms with E-state index >= 15 is 0 Å². The predicted molar refractivity (Wildman–Crippen MR) is 138 cm³/mol. The SMILES string of the molecule is CON=C1C[C@@H](CCC(=O)Nc2ncc(C)s2)C2C3CCc4c(ccc(O)c4Br)C3CC[C@]12C. The van der Waals surface area contributed by atoms with Crippen LogP contribution in [0.1, 0.15) is 67.4 Å². The number of hydrogen-bond donors (Lipinski definition) is 2. The molecule has 5 atom stereocenters. The van der Waals surface area contributed by atoms with Gasteiger partial charge in [-0.05, 0) is 102 Å². The minimum absolute atomic E-state index is 0.0103. The largest absolute Gasteiger partial charge is 0.507 e. The zero-order valence-corrected chi connectivity index (χ0v) is 22.3. The van der Waals surface area contributed by atoms with Crippen LogP contribution in [0.25, 0.3) is 0 Å². The quantitative estimate of drug-likeness (QED) is 0.424. The zero-order valence-electron chi connectivity index (χ0n) is 19.9. The molecule has 2 N–H and O–H groups in total. The van der Waals surface area contributed by atoms with E-state index in [0.29, 0.717) is 41.0 Å². The first-order chi connectivity index (χ1) is 16.3. The van der Waals surface area contributed by atoms with Crippen LogP contribution < -0.4 is 5.32 Å². The summed E-state index contributed by atoms with van der Waals surface area (Å²) in [6.45, 7) is 4.36. The van der Waals surface area contributed by atoms with Crippen molar-refractivity contribution >= 4 is 44.0 Å². The summed E-state index contributed by atoms with van der Waals surface area (Å²) < 4.78 is 0.857. The van der Waals surface area contributed by atoms with Crippen molar-refractivity contribution in [2.75, 3.05) is 12.4 Å². The Labute approximate surface area is 213 Å². The van der Waals surface area contributed by atoms with E-state index in [1.54, 1.807) is 13.3 Å². The monoisotopic (exact) mass is 545 g/mol. The van der Waals surface area contributed by atoms with Crippen molar-refractivity contribution in [3.05, 3.63) is 38.8 Å². The molecular formula is C26H32BrN3O3S. The lowest BCUT2D eigenvalue weighted by atomic mass is 9.54. The summed E-state index contributed by atoms with van der Waals surface area (Å²) >= 11 is 5.14. The van der Waals surface area contributed by atoms with Crippen LogP contribution in [0.5, 0.6) is 5.75 Å². The molecule has 2 aromatic rings. The van der Waals surface area contributed by atoms with Gasteiger partial charge < -0.3 is 15.3 Å². The Morgan fingerprint density at radius 1 is 1.41 bits per heavy atom. The Bertz CT molecular complexity index is 1130. The standard InChI is InChI=1S/C26H32BrN3O3S/c1-14-13-28-25(34-14)29-22(32)9-4-15-12-21(30-33-3)26(2)11-10-17-16-7-8-20(31)24(27)19(16)6-5-18(17)23(15)26/h7-8,13,15,17-18,23,31H,4-6,9-12H2,1-3H3,(H,28,29,32)/t15-,17?,18?,23?,26-/m1/s1. The Hall–Kier alpha value is -1.93. The average molecular weight is 547 g/mol. The third-order valence-corrected chi connectivity index (χ3v) is 10.2. The summed E-state index contributed by atoms with van der Waals surface area (Å²) in [5.41, 5.74) is 3.83. The highest BCUT2D eigenvalue weighted by Gasteiger charge is 2.57. The zero-order chi connectivity index (χ0) is 24.0. The second-order valence-corrected chi connectivity index (χ2v) is 12.3. The molecule has 3 aliphatic carbocycles. The van der Waals surface area contributed by atoms with Crippen LogP contribution in [0.4, 0.5) is 5.13 Å². The van der Waals surface area contributed by atoms with Gasteiger partial charge in [0.1, 0.15) is 12.9 Å². The Kier molecular flexibility index (Phi) is 6.48. The number of aromatic nitrogens is 1. The Morgan fingerprint density at radius 2 is 2.24 bits per heavy atom. The van der Waals surface area contributed by atoms with Gasteiger partial charge in [0.15, 0.2) is 5.13 Å². The molecule has 182 valence electrons. The van der Waals surface area contributed by atoms with Gasteiger partial charge in [-0.2, -0.15) is 0 Å². The summed E-state index contributed by atoms with van der Waals surface area (Å²) in [6.07, 6.45) is 8.26. The van der Waals surface area contributed by atoms with Crippen molar-refractivity contribution < 1.29 is 14.7 Å². The number of amides is 1. The van der Waals surface area contributed by atoms with Crippen molar-refractivity contribution in [3.8, 4) is 5.75 Å². The lowest BCUT2D eigenvalue weighted by Crippen LogP contribution is -2.44. The molecule has 34 heavy (non-hydrogen) atoms. The molecule has 3 unspecified atom stereocenters. The number of benzene rings is 1. The first-order valence-electron chi connectivity index (χ1n) is 12.1. The summed E-state index contributed by atoms with van der Waals surface area (Å²) in [4.78, 5) is 23.4. The van der Waals surface area contributed by atoms with E-state index in [9.17, 15) is 9.90 Å². The normalized spacial score (nSPS) is 31.0. The molecule has 0 aliphatic heterocycles. The molecule has 0 spiro atoms. The highest BCUT2D eigenvalue weighted by molar-refractivity contribution is 9.10. The third kappa shape index (κ3) is 4.06. The molecule has 2 fully saturated rings. The van der Waals surface area contributed by atoms with Crippen molar-refractivity contribution in [3.63, 3.8) is 0 Å². The third-order valence-electron chi connectivity index (χ3n) is 8.51. The number of hydrogen-bond acceptors (Lipinski definition) is 6. The van der Waals surface area contributed by atoms with Crippen LogP contribution in [-0.4, -0.2) is 28.8 Å². The molecule has 3 aliphatic rings. The number of thiazole rings is 1. The highest BCUT2D eigenvalue weighted by atomic mass is 79.9. The number of aromatic hydroxyl groups is 1. The molecule has 1 aromatic carbocycles. The number of nitrogens with one attached hydrogen (secondary N) is 1. The maximum atomic E-state index is 12.7. The predicted octanol–water partition coefficient (Wildman–Crippen LogP) is 6.42. The minimum Gasteiger partial charge on any atom is -0.507 e. The van der Waals surface area contributed by atoms with Crippen molar-refractivity contribution in [1.29, 1.82) is 0 Å². The summed E-state index contributed by atoms with van der Waals surface area (Å²) in [5.74, 6) is 2.26. The van der Waals surface area contributed by atoms with Crippen LogP contribution >= 0.6 is 27.3 Å². The fourth-order valence-electron chi connectivity index (χ4n) is 7.12. The number of aryl methyl sites for hydroxylation is 1. The van der Waals surface area contributed by atoms with E-state index in [-0.39, 0.29) is 11.3 Å². The molecule has 0 saturated heterocycles. The van der Waals surface area contributed by atoms with E-state index in [4.69, 9.17) is 4.84 Å². The molecular weight excluding hydrogens is 514 g/mol. The van der Waals surface area contributed by atoms with Crippen LogP contribution in [0.2, 0.25) is 0 Å². The molecule has 1 heterocycles. The molecule has 0 radical (unpaired) electrons. The van der Waals surface area contributed by atoms with Gasteiger partial charge in [0.2, 0.25) is 5.91 Å². The summed E-state index contributed by atoms with van der Waals surface area (Å²) in [7, 11) is 1.63. The number of phenols is 1. The molecule has 0 bridgehead atoms. The lowest BCUT2D eigenvalue weighted by molar-refractivity contribution is -0.116. The lowest BCUT2D eigenvalue weighted by Gasteiger charge is -2.50. The van der Waals surface area contributed by atoms with Gasteiger partial charge in [-0.25, -0.2) is 4.98 Å². The topological polar surface area (TPSA) is 83.8 Å².